The van der Waals surface area contributed by atoms with E-state index in [9.17, 15) is 4.39 Å². The first kappa shape index (κ1) is 10.0. The smallest absolute Gasteiger partial charge is 0.224 e. The number of nitrogens with zero attached hydrogens (tertiary/aromatic N) is 4. The fourth-order valence-electron chi connectivity index (χ4n) is 1.06. The van der Waals surface area contributed by atoms with E-state index in [4.69, 9.17) is 0 Å². The lowest BCUT2D eigenvalue weighted by Gasteiger charge is -2.03. The molecule has 1 N–H and O–H groups in total. The van der Waals surface area contributed by atoms with Gasteiger partial charge in [-0.05, 0) is 15.9 Å². The minimum absolute atomic E-state index is 0.111. The standard InChI is InChI=1S/C8H7BrFN5/c1-11-8-12-3-6(10)7(14-8)15-4-5(9)2-13-15/h2-4H,1H3,(H,11,12,14). The number of nitrogens with one attached hydrogen (secondary N) is 1. The Morgan fingerprint density at radius 1 is 1.47 bits per heavy atom. The minimum atomic E-state index is -0.524. The summed E-state index contributed by atoms with van der Waals surface area (Å²) >= 11 is 3.22. The van der Waals surface area contributed by atoms with Crippen molar-refractivity contribution in [1.82, 2.24) is 19.7 Å². The molecule has 0 bridgehead atoms. The Balaban J connectivity index is 2.51. The molecule has 15 heavy (non-hydrogen) atoms. The second-order valence-electron chi connectivity index (χ2n) is 2.72. The van der Waals surface area contributed by atoms with E-state index in [2.05, 4.69) is 36.3 Å². The van der Waals surface area contributed by atoms with E-state index in [1.807, 2.05) is 0 Å². The Morgan fingerprint density at radius 3 is 2.87 bits per heavy atom. The van der Waals surface area contributed by atoms with E-state index in [0.717, 1.165) is 10.7 Å². The molecule has 0 atom stereocenters. The van der Waals surface area contributed by atoms with Crippen molar-refractivity contribution < 1.29 is 4.39 Å². The van der Waals surface area contributed by atoms with E-state index in [0.29, 0.717) is 5.95 Å². The third kappa shape index (κ3) is 1.96. The van der Waals surface area contributed by atoms with Gasteiger partial charge in [0.25, 0.3) is 0 Å². The SMILES string of the molecule is CNc1ncc(F)c(-n2cc(Br)cn2)n1. The van der Waals surface area contributed by atoms with Gasteiger partial charge in [-0.2, -0.15) is 10.1 Å². The van der Waals surface area contributed by atoms with Gasteiger partial charge in [-0.1, -0.05) is 0 Å². The molecule has 2 rings (SSSR count). The van der Waals surface area contributed by atoms with Crippen LogP contribution in [0, 0.1) is 5.82 Å². The molecule has 0 fully saturated rings. The Hall–Kier alpha value is -1.50. The largest absolute Gasteiger partial charge is 0.357 e. The lowest BCUT2D eigenvalue weighted by molar-refractivity contribution is 0.593. The van der Waals surface area contributed by atoms with E-state index < -0.39 is 5.82 Å². The maximum Gasteiger partial charge on any atom is 0.224 e. The predicted molar refractivity (Wildman–Crippen MR) is 56.4 cm³/mol. The fourth-order valence-corrected chi connectivity index (χ4v) is 1.34. The Kier molecular flexibility index (Phi) is 2.63. The van der Waals surface area contributed by atoms with Gasteiger partial charge in [0.2, 0.25) is 5.95 Å². The van der Waals surface area contributed by atoms with Gasteiger partial charge in [0.1, 0.15) is 0 Å². The fraction of sp³-hybridized carbons (Fsp3) is 0.125. The third-order valence-electron chi connectivity index (χ3n) is 1.72. The highest BCUT2D eigenvalue weighted by molar-refractivity contribution is 9.10. The van der Waals surface area contributed by atoms with Crippen molar-refractivity contribution in [1.29, 1.82) is 0 Å². The van der Waals surface area contributed by atoms with Gasteiger partial charge >= 0.3 is 0 Å². The molecule has 0 aliphatic heterocycles. The summed E-state index contributed by atoms with van der Waals surface area (Å²) in [5.41, 5.74) is 0. The zero-order valence-electron chi connectivity index (χ0n) is 7.78. The Morgan fingerprint density at radius 2 is 2.27 bits per heavy atom. The maximum atomic E-state index is 13.4. The van der Waals surface area contributed by atoms with Crippen molar-refractivity contribution >= 4 is 21.9 Å². The average molecular weight is 272 g/mol. The van der Waals surface area contributed by atoms with Crippen LogP contribution in [0.1, 0.15) is 0 Å². The van der Waals surface area contributed by atoms with Crippen molar-refractivity contribution in [2.24, 2.45) is 0 Å². The summed E-state index contributed by atoms with van der Waals surface area (Å²) in [5, 5.41) is 6.66. The zero-order chi connectivity index (χ0) is 10.8. The first-order valence-corrected chi connectivity index (χ1v) is 4.91. The molecule has 0 spiro atoms. The molecule has 0 amide bonds. The van der Waals surface area contributed by atoms with E-state index >= 15 is 0 Å². The number of anilines is 1. The van der Waals surface area contributed by atoms with Crippen LogP contribution in [0.25, 0.3) is 5.82 Å². The van der Waals surface area contributed by atoms with Gasteiger partial charge in [0.15, 0.2) is 11.6 Å². The molecule has 2 aromatic heterocycles. The zero-order valence-corrected chi connectivity index (χ0v) is 9.36. The maximum absolute atomic E-state index is 13.4. The van der Waals surface area contributed by atoms with Crippen molar-refractivity contribution in [2.75, 3.05) is 12.4 Å². The molecule has 78 valence electrons. The lowest BCUT2D eigenvalue weighted by Crippen LogP contribution is -2.06. The number of hydrogen-bond donors (Lipinski definition) is 1. The summed E-state index contributed by atoms with van der Waals surface area (Å²) in [5.74, 6) is -0.0670. The van der Waals surface area contributed by atoms with Crippen LogP contribution in [0.5, 0.6) is 0 Å². The topological polar surface area (TPSA) is 55.6 Å². The molecule has 0 unspecified atom stereocenters. The molecule has 7 heteroatoms. The minimum Gasteiger partial charge on any atom is -0.357 e. The van der Waals surface area contributed by atoms with Crippen molar-refractivity contribution in [3.05, 3.63) is 28.9 Å². The third-order valence-corrected chi connectivity index (χ3v) is 2.13. The van der Waals surface area contributed by atoms with E-state index in [-0.39, 0.29) is 5.82 Å². The molecule has 0 aromatic carbocycles. The van der Waals surface area contributed by atoms with E-state index in [1.54, 1.807) is 19.4 Å². The molecule has 0 saturated carbocycles. The average Bonchev–Trinajstić information content (AvgIpc) is 2.65. The van der Waals surface area contributed by atoms with Gasteiger partial charge in [0, 0.05) is 13.2 Å². The van der Waals surface area contributed by atoms with E-state index in [1.165, 1.54) is 4.68 Å². The number of halogens is 2. The molecule has 5 nitrogen and oxygen atoms in total. The van der Waals surface area contributed by atoms with Crippen LogP contribution in [0.2, 0.25) is 0 Å². The summed E-state index contributed by atoms with van der Waals surface area (Å²) in [6, 6.07) is 0. The van der Waals surface area contributed by atoms with Crippen molar-refractivity contribution in [3.8, 4) is 5.82 Å². The summed E-state index contributed by atoms with van der Waals surface area (Å²) in [4.78, 5) is 7.70. The Bertz CT molecular complexity index is 484. The monoisotopic (exact) mass is 271 g/mol. The molecule has 2 heterocycles. The highest BCUT2D eigenvalue weighted by Gasteiger charge is 2.09. The first-order valence-electron chi connectivity index (χ1n) is 4.11. The van der Waals surface area contributed by atoms with Crippen LogP contribution < -0.4 is 5.32 Å². The van der Waals surface area contributed by atoms with Crippen LogP contribution >= 0.6 is 15.9 Å². The number of rotatable bonds is 2. The lowest BCUT2D eigenvalue weighted by atomic mass is 10.5. The van der Waals surface area contributed by atoms with Crippen LogP contribution in [0.15, 0.2) is 23.1 Å². The quantitative estimate of drug-likeness (QED) is 0.902. The molecular weight excluding hydrogens is 265 g/mol. The van der Waals surface area contributed by atoms with Crippen LogP contribution in [0.4, 0.5) is 10.3 Å². The molecule has 0 saturated heterocycles. The van der Waals surface area contributed by atoms with Gasteiger partial charge in [0.05, 0.1) is 16.9 Å². The summed E-state index contributed by atoms with van der Waals surface area (Å²) in [6.07, 6.45) is 4.27. The normalized spacial score (nSPS) is 10.3. The molecular formula is C8H7BrFN5. The van der Waals surface area contributed by atoms with Crippen LogP contribution in [-0.4, -0.2) is 26.8 Å². The predicted octanol–water partition coefficient (Wildman–Crippen LogP) is 1.61. The molecule has 2 aromatic rings. The molecule has 0 aliphatic rings. The van der Waals surface area contributed by atoms with Crippen molar-refractivity contribution in [2.45, 2.75) is 0 Å². The van der Waals surface area contributed by atoms with Gasteiger partial charge in [-0.15, -0.1) is 0 Å². The Labute approximate surface area is 93.5 Å². The highest BCUT2D eigenvalue weighted by atomic mass is 79.9. The summed E-state index contributed by atoms with van der Waals surface area (Å²) < 4.78 is 15.5. The van der Waals surface area contributed by atoms with Crippen LogP contribution in [-0.2, 0) is 0 Å². The van der Waals surface area contributed by atoms with Gasteiger partial charge in [-0.25, -0.2) is 14.1 Å². The highest BCUT2D eigenvalue weighted by Crippen LogP contribution is 2.14. The summed E-state index contributed by atoms with van der Waals surface area (Å²) in [7, 11) is 1.66. The van der Waals surface area contributed by atoms with Crippen molar-refractivity contribution in [3.63, 3.8) is 0 Å². The first-order chi connectivity index (χ1) is 7.20. The van der Waals surface area contributed by atoms with Gasteiger partial charge < -0.3 is 5.32 Å². The molecule has 0 radical (unpaired) electrons. The second-order valence-corrected chi connectivity index (χ2v) is 3.63. The molecule has 0 aliphatic carbocycles. The summed E-state index contributed by atoms with van der Waals surface area (Å²) in [6.45, 7) is 0. The van der Waals surface area contributed by atoms with Gasteiger partial charge in [-0.3, -0.25) is 0 Å². The number of aromatic nitrogens is 4. The second kappa shape index (κ2) is 3.93. The van der Waals surface area contributed by atoms with Crippen LogP contribution in [0.3, 0.4) is 0 Å². The number of hydrogen-bond acceptors (Lipinski definition) is 4.